The second kappa shape index (κ2) is 8.38. The molecule has 2 aliphatic rings. The van der Waals surface area contributed by atoms with Gasteiger partial charge in [0.25, 0.3) is 0 Å². The maximum Gasteiger partial charge on any atom is 0.346 e. The van der Waals surface area contributed by atoms with E-state index in [1.165, 1.54) is 11.1 Å². The predicted molar refractivity (Wildman–Crippen MR) is 125 cm³/mol. The molecular formula is C25H27N2O4P. The van der Waals surface area contributed by atoms with Crippen molar-refractivity contribution in [2.45, 2.75) is 20.0 Å². The van der Waals surface area contributed by atoms with Crippen molar-refractivity contribution in [3.8, 4) is 28.4 Å². The smallest absolute Gasteiger partial charge is 0.346 e. The van der Waals surface area contributed by atoms with Gasteiger partial charge in [0.15, 0.2) is 11.5 Å². The summed E-state index contributed by atoms with van der Waals surface area (Å²) < 4.78 is 29.1. The van der Waals surface area contributed by atoms with E-state index < -0.39 is 13.8 Å². The Balaban J connectivity index is 1.33. The Morgan fingerprint density at radius 3 is 2.22 bits per heavy atom. The Morgan fingerprint density at radius 2 is 1.59 bits per heavy atom. The van der Waals surface area contributed by atoms with Crippen molar-refractivity contribution >= 4 is 7.67 Å². The molecule has 2 aliphatic heterocycles. The minimum absolute atomic E-state index is 0.0454. The van der Waals surface area contributed by atoms with Crippen LogP contribution in [-0.2, 0) is 9.09 Å². The topological polar surface area (TPSA) is 61.8 Å². The number of phenols is 1. The summed E-state index contributed by atoms with van der Waals surface area (Å²) in [6.45, 7) is 7.20. The van der Waals surface area contributed by atoms with Crippen LogP contribution in [-0.4, -0.2) is 40.6 Å². The molecule has 0 spiro atoms. The van der Waals surface area contributed by atoms with Gasteiger partial charge in [-0.2, -0.15) is 0 Å². The molecule has 6 nitrogen and oxygen atoms in total. The van der Waals surface area contributed by atoms with Crippen LogP contribution in [0.25, 0.3) is 11.1 Å². The first-order valence-electron chi connectivity index (χ1n) is 10.9. The average molecular weight is 450 g/mol. The van der Waals surface area contributed by atoms with E-state index in [-0.39, 0.29) is 5.75 Å². The van der Waals surface area contributed by atoms with E-state index in [0.717, 1.165) is 37.3 Å². The maximum atomic E-state index is 13.3. The molecule has 0 bridgehead atoms. The van der Waals surface area contributed by atoms with Gasteiger partial charge in [0, 0.05) is 26.2 Å². The van der Waals surface area contributed by atoms with Crippen molar-refractivity contribution in [1.82, 2.24) is 9.34 Å². The molecule has 2 saturated heterocycles. The lowest BCUT2D eigenvalue weighted by atomic mass is 10.0. The van der Waals surface area contributed by atoms with E-state index in [4.69, 9.17) is 9.26 Å². The van der Waals surface area contributed by atoms with Crippen LogP contribution in [0.5, 0.6) is 17.2 Å². The van der Waals surface area contributed by atoms with E-state index in [2.05, 4.69) is 19.1 Å². The molecule has 5 rings (SSSR count). The molecule has 0 radical (unpaired) electrons. The summed E-state index contributed by atoms with van der Waals surface area (Å²) in [5.41, 5.74) is 4.30. The van der Waals surface area contributed by atoms with Crippen molar-refractivity contribution in [1.29, 1.82) is 0 Å². The number of rotatable bonds is 8. The van der Waals surface area contributed by atoms with E-state index in [9.17, 15) is 9.67 Å². The Morgan fingerprint density at radius 1 is 0.938 bits per heavy atom. The molecule has 2 fully saturated rings. The normalized spacial score (nSPS) is 17.2. The summed E-state index contributed by atoms with van der Waals surface area (Å²) in [5.74, 6) is 1.01. The van der Waals surface area contributed by atoms with Crippen LogP contribution in [0.3, 0.4) is 0 Å². The largest absolute Gasteiger partial charge is 0.504 e. The highest BCUT2D eigenvalue weighted by Gasteiger charge is 2.50. The minimum atomic E-state index is -2.93. The molecule has 0 aliphatic carbocycles. The molecule has 7 heteroatoms. The monoisotopic (exact) mass is 450 g/mol. The summed E-state index contributed by atoms with van der Waals surface area (Å²) in [6.07, 6.45) is -0.395. The first-order valence-corrected chi connectivity index (χ1v) is 12.4. The van der Waals surface area contributed by atoms with Crippen LogP contribution in [0.4, 0.5) is 0 Å². The zero-order valence-corrected chi connectivity index (χ0v) is 19.2. The van der Waals surface area contributed by atoms with Gasteiger partial charge in [-0.05, 0) is 60.4 Å². The van der Waals surface area contributed by atoms with Crippen molar-refractivity contribution in [2.75, 3.05) is 26.2 Å². The quantitative estimate of drug-likeness (QED) is 0.337. The molecule has 0 aromatic heterocycles. The fourth-order valence-corrected chi connectivity index (χ4v) is 6.11. The summed E-state index contributed by atoms with van der Waals surface area (Å²) >= 11 is 0. The van der Waals surface area contributed by atoms with Crippen molar-refractivity contribution < 1.29 is 18.9 Å². The Bertz CT molecular complexity index is 1160. The molecule has 32 heavy (non-hydrogen) atoms. The van der Waals surface area contributed by atoms with Crippen molar-refractivity contribution in [3.63, 3.8) is 0 Å². The number of hydrogen-bond donors (Lipinski definition) is 1. The highest BCUT2D eigenvalue weighted by atomic mass is 31.2. The van der Waals surface area contributed by atoms with Gasteiger partial charge in [-0.25, -0.2) is 9.34 Å². The van der Waals surface area contributed by atoms with Gasteiger partial charge in [0.2, 0.25) is 0 Å². The molecule has 1 atom stereocenters. The van der Waals surface area contributed by atoms with Gasteiger partial charge in [-0.15, -0.1) is 0 Å². The Labute approximate surface area is 188 Å². The average Bonchev–Trinajstić information content (AvgIpc) is 3.68. The van der Waals surface area contributed by atoms with Gasteiger partial charge < -0.3 is 9.84 Å². The first kappa shape index (κ1) is 21.2. The third-order valence-corrected chi connectivity index (χ3v) is 8.67. The number of hydrogen-bond acceptors (Lipinski definition) is 4. The highest BCUT2D eigenvalue weighted by molar-refractivity contribution is 7.54. The second-order valence-electron chi connectivity index (χ2n) is 8.31. The number of aryl methyl sites for hydroxylation is 1. The van der Waals surface area contributed by atoms with Crippen molar-refractivity contribution in [2.24, 2.45) is 0 Å². The van der Waals surface area contributed by atoms with E-state index in [1.807, 2.05) is 52.7 Å². The Kier molecular flexibility index (Phi) is 5.56. The SMILES string of the molecule is Cc1ccccc1-c1ccc(Oc2cc(C(C)OP(=O)(N3CC3)N3CC3)ccc2O)cc1. The van der Waals surface area contributed by atoms with Crippen LogP contribution in [0.15, 0.2) is 66.7 Å². The minimum Gasteiger partial charge on any atom is -0.504 e. The molecule has 1 N–H and O–H groups in total. The lowest BCUT2D eigenvalue weighted by Crippen LogP contribution is -2.10. The van der Waals surface area contributed by atoms with Crippen LogP contribution < -0.4 is 4.74 Å². The molecule has 3 aromatic carbocycles. The van der Waals surface area contributed by atoms with Gasteiger partial charge in [-0.3, -0.25) is 9.09 Å². The summed E-state index contributed by atoms with van der Waals surface area (Å²) in [4.78, 5) is 0. The summed E-state index contributed by atoms with van der Waals surface area (Å²) in [5, 5.41) is 10.3. The van der Waals surface area contributed by atoms with Gasteiger partial charge >= 0.3 is 7.67 Å². The fourth-order valence-electron chi connectivity index (χ4n) is 3.77. The number of ether oxygens (including phenoxy) is 1. The molecule has 166 valence electrons. The van der Waals surface area contributed by atoms with E-state index in [0.29, 0.717) is 11.5 Å². The zero-order chi connectivity index (χ0) is 22.3. The number of nitrogens with zero attached hydrogens (tertiary/aromatic N) is 2. The van der Waals surface area contributed by atoms with Gasteiger partial charge in [-0.1, -0.05) is 42.5 Å². The van der Waals surface area contributed by atoms with Crippen LogP contribution in [0.2, 0.25) is 0 Å². The molecular weight excluding hydrogens is 423 g/mol. The predicted octanol–water partition coefficient (Wildman–Crippen LogP) is 5.98. The molecule has 2 heterocycles. The summed E-state index contributed by atoms with van der Waals surface area (Å²) in [6, 6.07) is 21.2. The van der Waals surface area contributed by atoms with Crippen LogP contribution in [0.1, 0.15) is 24.2 Å². The molecule has 0 saturated carbocycles. The van der Waals surface area contributed by atoms with Crippen molar-refractivity contribution in [3.05, 3.63) is 77.9 Å². The number of benzene rings is 3. The van der Waals surface area contributed by atoms with Gasteiger partial charge in [0.1, 0.15) is 5.75 Å². The highest BCUT2D eigenvalue weighted by Crippen LogP contribution is 2.63. The van der Waals surface area contributed by atoms with Crippen LogP contribution in [0, 0.1) is 6.92 Å². The third-order valence-electron chi connectivity index (χ3n) is 5.85. The van der Waals surface area contributed by atoms with Gasteiger partial charge in [0.05, 0.1) is 6.10 Å². The summed E-state index contributed by atoms with van der Waals surface area (Å²) in [7, 11) is -2.93. The lowest BCUT2D eigenvalue weighted by molar-refractivity contribution is 0.200. The second-order valence-corrected chi connectivity index (χ2v) is 10.6. The zero-order valence-electron chi connectivity index (χ0n) is 18.3. The number of aromatic hydroxyl groups is 1. The third kappa shape index (κ3) is 4.32. The fraction of sp³-hybridized carbons (Fsp3) is 0.280. The van der Waals surface area contributed by atoms with E-state index in [1.54, 1.807) is 18.2 Å². The lowest BCUT2D eigenvalue weighted by Gasteiger charge is -2.24. The molecule has 0 amide bonds. The standard InChI is InChI=1S/C25H27N2O4P/c1-18-5-3-4-6-23(18)20-7-10-22(11-8-20)30-25-17-21(9-12-24(25)28)19(2)31-32(29,26-13-14-26)27-15-16-27/h3-12,17,19,28H,13-16H2,1-2H3. The van der Waals surface area contributed by atoms with Crippen LogP contribution >= 0.6 is 7.67 Å². The van der Waals surface area contributed by atoms with E-state index >= 15 is 0 Å². The molecule has 1 unspecified atom stereocenters. The Hall–Kier alpha value is -2.63. The maximum absolute atomic E-state index is 13.3. The molecule has 3 aromatic rings. The first-order chi connectivity index (χ1) is 15.4. The number of phenolic OH excluding ortho intramolecular Hbond substituents is 1.